The molecule has 0 spiro atoms. The minimum atomic E-state index is 0.170. The molecule has 2 aliphatic rings. The van der Waals surface area contributed by atoms with Gasteiger partial charge in [0.15, 0.2) is 0 Å². The van der Waals surface area contributed by atoms with Crippen molar-refractivity contribution in [1.29, 1.82) is 0 Å². The number of hydrogen-bond acceptors (Lipinski definition) is 3. The highest BCUT2D eigenvalue weighted by atomic mass is 16.2. The highest BCUT2D eigenvalue weighted by Crippen LogP contribution is 2.18. The van der Waals surface area contributed by atoms with Crippen LogP contribution >= 0.6 is 0 Å². The molecule has 0 radical (unpaired) electrons. The number of carbonyl (C=O) groups excluding carboxylic acids is 1. The largest absolute Gasteiger partial charge is 0.272 e. The van der Waals surface area contributed by atoms with Gasteiger partial charge in [0.2, 0.25) is 5.91 Å². The Bertz CT molecular complexity index is 214. The van der Waals surface area contributed by atoms with Crippen LogP contribution in [0, 0.1) is 0 Å². The summed E-state index contributed by atoms with van der Waals surface area (Å²) in [6.07, 6.45) is 7.50. The van der Waals surface area contributed by atoms with E-state index in [2.05, 4.69) is 10.0 Å². The van der Waals surface area contributed by atoms with E-state index in [1.165, 1.54) is 38.5 Å². The van der Waals surface area contributed by atoms with Gasteiger partial charge < -0.3 is 0 Å². The molecular formula is C12H23N3O. The average Bonchev–Trinajstić information content (AvgIpc) is 2.31. The summed E-state index contributed by atoms with van der Waals surface area (Å²) in [6.45, 7) is 5.83. The molecule has 4 nitrogen and oxygen atoms in total. The molecule has 0 atom stereocenters. The number of nitrogens with zero attached hydrogens (tertiary/aromatic N) is 3. The van der Waals surface area contributed by atoms with Crippen molar-refractivity contribution in [2.75, 3.05) is 26.2 Å². The first-order chi connectivity index (χ1) is 7.79. The van der Waals surface area contributed by atoms with E-state index in [0.717, 1.165) is 26.2 Å². The lowest BCUT2D eigenvalue weighted by atomic mass is 10.1. The summed E-state index contributed by atoms with van der Waals surface area (Å²) < 4.78 is 0. The van der Waals surface area contributed by atoms with E-state index in [4.69, 9.17) is 0 Å². The van der Waals surface area contributed by atoms with Crippen molar-refractivity contribution >= 4 is 5.91 Å². The maximum Gasteiger partial charge on any atom is 0.248 e. The Morgan fingerprint density at radius 1 is 0.812 bits per heavy atom. The fraction of sp³-hybridized carbons (Fsp3) is 0.917. The Labute approximate surface area is 98.1 Å². The zero-order valence-corrected chi connectivity index (χ0v) is 10.3. The third-order valence-corrected chi connectivity index (χ3v) is 3.48. The third kappa shape index (κ3) is 2.74. The number of hydrogen-bond donors (Lipinski definition) is 0. The van der Waals surface area contributed by atoms with Crippen LogP contribution in [-0.2, 0) is 4.79 Å². The second-order valence-electron chi connectivity index (χ2n) is 4.84. The Balaban J connectivity index is 1.99. The topological polar surface area (TPSA) is 26.8 Å². The number of piperidine rings is 2. The summed E-state index contributed by atoms with van der Waals surface area (Å²) in [5.41, 5.74) is 0. The normalized spacial score (nSPS) is 24.3. The Kier molecular flexibility index (Phi) is 4.18. The fourth-order valence-corrected chi connectivity index (χ4v) is 2.71. The van der Waals surface area contributed by atoms with Crippen molar-refractivity contribution < 1.29 is 4.79 Å². The zero-order valence-electron chi connectivity index (χ0n) is 10.3. The second-order valence-corrected chi connectivity index (χ2v) is 4.84. The van der Waals surface area contributed by atoms with Crippen LogP contribution in [0.3, 0.4) is 0 Å². The van der Waals surface area contributed by atoms with Crippen molar-refractivity contribution in [2.24, 2.45) is 0 Å². The van der Waals surface area contributed by atoms with Gasteiger partial charge in [0.05, 0.1) is 0 Å². The van der Waals surface area contributed by atoms with Crippen LogP contribution in [0.25, 0.3) is 0 Å². The van der Waals surface area contributed by atoms with Gasteiger partial charge >= 0.3 is 0 Å². The molecule has 92 valence electrons. The zero-order chi connectivity index (χ0) is 11.4. The predicted octanol–water partition coefficient (Wildman–Crippen LogP) is 1.64. The van der Waals surface area contributed by atoms with Crippen LogP contribution in [0.15, 0.2) is 0 Å². The fourth-order valence-electron chi connectivity index (χ4n) is 2.71. The molecule has 0 aromatic carbocycles. The van der Waals surface area contributed by atoms with Crippen LogP contribution < -0.4 is 0 Å². The van der Waals surface area contributed by atoms with E-state index >= 15 is 0 Å². The Hall–Kier alpha value is -0.610. The first kappa shape index (κ1) is 11.9. The Morgan fingerprint density at radius 2 is 1.19 bits per heavy atom. The van der Waals surface area contributed by atoms with E-state index in [-0.39, 0.29) is 5.91 Å². The van der Waals surface area contributed by atoms with Crippen LogP contribution in [0.1, 0.15) is 45.4 Å². The number of hydrazine groups is 2. The van der Waals surface area contributed by atoms with Crippen molar-refractivity contribution in [1.82, 2.24) is 15.1 Å². The molecule has 16 heavy (non-hydrogen) atoms. The highest BCUT2D eigenvalue weighted by Gasteiger charge is 2.27. The summed E-state index contributed by atoms with van der Waals surface area (Å²) in [6, 6.07) is 0. The number of amides is 1. The van der Waals surface area contributed by atoms with Crippen molar-refractivity contribution in [3.05, 3.63) is 0 Å². The van der Waals surface area contributed by atoms with Crippen LogP contribution in [0.5, 0.6) is 0 Å². The van der Waals surface area contributed by atoms with E-state index in [0.29, 0.717) is 0 Å². The molecule has 2 aliphatic heterocycles. The quantitative estimate of drug-likeness (QED) is 0.715. The molecule has 0 N–H and O–H groups in total. The molecule has 2 fully saturated rings. The molecule has 2 saturated heterocycles. The second kappa shape index (κ2) is 5.64. The van der Waals surface area contributed by atoms with Gasteiger partial charge in [-0.1, -0.05) is 12.8 Å². The smallest absolute Gasteiger partial charge is 0.248 e. The monoisotopic (exact) mass is 225 g/mol. The molecule has 0 bridgehead atoms. The molecule has 4 heteroatoms. The molecule has 0 aromatic rings. The van der Waals surface area contributed by atoms with Gasteiger partial charge in [0.1, 0.15) is 0 Å². The minimum Gasteiger partial charge on any atom is -0.272 e. The molecule has 2 heterocycles. The van der Waals surface area contributed by atoms with Gasteiger partial charge in [-0.25, -0.2) is 15.1 Å². The van der Waals surface area contributed by atoms with Gasteiger partial charge in [-0.05, 0) is 25.7 Å². The molecule has 1 amide bonds. The maximum atomic E-state index is 11.8. The van der Waals surface area contributed by atoms with Gasteiger partial charge in [0, 0.05) is 33.1 Å². The highest BCUT2D eigenvalue weighted by molar-refractivity contribution is 5.72. The van der Waals surface area contributed by atoms with Crippen molar-refractivity contribution in [2.45, 2.75) is 45.4 Å². The summed E-state index contributed by atoms with van der Waals surface area (Å²) in [4.78, 5) is 11.8. The van der Waals surface area contributed by atoms with Gasteiger partial charge in [0.25, 0.3) is 0 Å². The lowest BCUT2D eigenvalue weighted by molar-refractivity contribution is -0.204. The van der Waals surface area contributed by atoms with Crippen LogP contribution in [-0.4, -0.2) is 47.2 Å². The summed E-state index contributed by atoms with van der Waals surface area (Å²) >= 11 is 0. The van der Waals surface area contributed by atoms with Crippen molar-refractivity contribution in [3.63, 3.8) is 0 Å². The van der Waals surface area contributed by atoms with Crippen molar-refractivity contribution in [3.8, 4) is 0 Å². The van der Waals surface area contributed by atoms with E-state index < -0.39 is 0 Å². The van der Waals surface area contributed by atoms with Crippen LogP contribution in [0.2, 0.25) is 0 Å². The van der Waals surface area contributed by atoms with E-state index in [9.17, 15) is 4.79 Å². The molecule has 0 aliphatic carbocycles. The predicted molar refractivity (Wildman–Crippen MR) is 63.4 cm³/mol. The summed E-state index contributed by atoms with van der Waals surface area (Å²) in [5, 5.41) is 6.38. The van der Waals surface area contributed by atoms with Gasteiger partial charge in [-0.15, -0.1) is 0 Å². The Morgan fingerprint density at radius 3 is 1.50 bits per heavy atom. The van der Waals surface area contributed by atoms with Gasteiger partial charge in [-0.3, -0.25) is 4.79 Å². The third-order valence-electron chi connectivity index (χ3n) is 3.48. The first-order valence-electron chi connectivity index (χ1n) is 6.59. The number of carbonyl (C=O) groups is 1. The summed E-state index contributed by atoms with van der Waals surface area (Å²) in [5.74, 6) is 0.170. The van der Waals surface area contributed by atoms with Crippen LogP contribution in [0.4, 0.5) is 0 Å². The number of rotatable bonds is 2. The molecular weight excluding hydrogens is 202 g/mol. The molecule has 2 rings (SSSR count). The molecule has 0 saturated carbocycles. The average molecular weight is 225 g/mol. The van der Waals surface area contributed by atoms with E-state index in [1.54, 1.807) is 6.92 Å². The SMILES string of the molecule is CC(=O)N(N1CCCCC1)N1CCCCC1. The molecule has 0 unspecified atom stereocenters. The minimum absolute atomic E-state index is 0.170. The maximum absolute atomic E-state index is 11.8. The first-order valence-corrected chi connectivity index (χ1v) is 6.59. The van der Waals surface area contributed by atoms with E-state index in [1.807, 2.05) is 5.12 Å². The summed E-state index contributed by atoms with van der Waals surface area (Å²) in [7, 11) is 0. The lowest BCUT2D eigenvalue weighted by Crippen LogP contribution is -2.58. The molecule has 0 aromatic heterocycles. The standard InChI is InChI=1S/C12H23N3O/c1-12(16)15(13-8-4-2-5-9-13)14-10-6-3-7-11-14/h2-11H2,1H3. The lowest BCUT2D eigenvalue weighted by Gasteiger charge is -2.44. The van der Waals surface area contributed by atoms with Gasteiger partial charge in [-0.2, -0.15) is 0 Å².